The van der Waals surface area contributed by atoms with Gasteiger partial charge in [-0.25, -0.2) is 0 Å². The zero-order chi connectivity index (χ0) is 58.9. The van der Waals surface area contributed by atoms with Crippen molar-refractivity contribution in [1.29, 1.82) is 0 Å². The molecular formula is C63H131N11O5V3. The second-order valence-electron chi connectivity index (χ2n) is 25.9. The number of likely N-dealkylation sites (N-methyl/N-ethyl adjacent to an activating group) is 3. The van der Waals surface area contributed by atoms with Gasteiger partial charge < -0.3 is 68.7 Å². The summed E-state index contributed by atoms with van der Waals surface area (Å²) in [6.45, 7) is 31.5. The molecule has 0 heterocycles. The number of carbonyl (C=O) groups excluding carboxylic acids is 1. The molecule has 0 aromatic heterocycles. The maximum absolute atomic E-state index is 12.6. The number of carboxylic acid groups (broad SMARTS) is 2. The molecule has 3 rings (SSSR count). The summed E-state index contributed by atoms with van der Waals surface area (Å²) in [5, 5.41) is 56.4. The first kappa shape index (κ1) is 86.1. The van der Waals surface area contributed by atoms with Crippen LogP contribution in [0.15, 0.2) is 0 Å². The molecule has 3 fully saturated rings. The molecule has 3 aliphatic carbocycles. The first-order valence-electron chi connectivity index (χ1n) is 32.6. The van der Waals surface area contributed by atoms with E-state index in [2.05, 4.69) is 107 Å². The molecule has 0 spiro atoms. The molecule has 0 aliphatic heterocycles. The topological polar surface area (TPSA) is 224 Å². The fourth-order valence-corrected chi connectivity index (χ4v) is 11.5. The Kier molecular flexibility index (Phi) is 55.5. The molecule has 16 nitrogen and oxygen atoms in total. The van der Waals surface area contributed by atoms with Gasteiger partial charge in [-0.1, -0.05) is 164 Å². The number of Topliss-reactive ketones (excluding diaryl/α,β-unsaturated/α-hetero) is 1. The molecule has 0 amide bonds. The summed E-state index contributed by atoms with van der Waals surface area (Å²) in [5.74, 6) is -1.28. The molecule has 483 valence electrons. The van der Waals surface area contributed by atoms with Crippen LogP contribution in [-0.4, -0.2) is 169 Å². The second-order valence-corrected chi connectivity index (χ2v) is 25.9. The van der Waals surface area contributed by atoms with Crippen LogP contribution in [0.4, 0.5) is 0 Å². The Bertz CT molecular complexity index is 1520. The number of nitrogens with one attached hydrogen (secondary N) is 11. The van der Waals surface area contributed by atoms with Gasteiger partial charge in [0.1, 0.15) is 5.78 Å². The number of rotatable bonds is 47. The van der Waals surface area contributed by atoms with E-state index in [4.69, 9.17) is 5.11 Å². The van der Waals surface area contributed by atoms with Gasteiger partial charge in [-0.15, -0.1) is 0 Å². The van der Waals surface area contributed by atoms with Gasteiger partial charge in [-0.2, -0.15) is 0 Å². The van der Waals surface area contributed by atoms with Gasteiger partial charge in [0.25, 0.3) is 0 Å². The van der Waals surface area contributed by atoms with E-state index in [1.54, 1.807) is 0 Å². The van der Waals surface area contributed by atoms with Crippen LogP contribution in [0.1, 0.15) is 217 Å². The van der Waals surface area contributed by atoms with Crippen molar-refractivity contribution in [2.45, 2.75) is 265 Å². The van der Waals surface area contributed by atoms with Crippen LogP contribution in [0, 0.1) is 29.1 Å². The van der Waals surface area contributed by atoms with E-state index in [-0.39, 0.29) is 114 Å². The normalized spacial score (nSPS) is 22.8. The van der Waals surface area contributed by atoms with Crippen molar-refractivity contribution in [3.8, 4) is 0 Å². The van der Waals surface area contributed by atoms with Gasteiger partial charge >= 0.3 is 11.9 Å². The molecule has 3 aliphatic rings. The quantitative estimate of drug-likeness (QED) is 0.0259. The SMILES string of the molecule is CCCCCCCCCCCCNCCNC1C(NC)C(CNCCCNC(C)(C)C)C1C(=O)O.CCCCCCCCCCCCNCCNC1C(NC)CC1C(=O)C(C)(C)C.CNC1CC(C(=O)O)C1NCCNC(C)C.[V].[V].[V]. The van der Waals surface area contributed by atoms with Gasteiger partial charge in [0.2, 0.25) is 0 Å². The smallest absolute Gasteiger partial charge is 0.308 e. The van der Waals surface area contributed by atoms with Crippen molar-refractivity contribution in [2.24, 2.45) is 29.1 Å². The van der Waals surface area contributed by atoms with E-state index in [1.807, 2.05) is 41.9 Å². The summed E-state index contributed by atoms with van der Waals surface area (Å²) in [6, 6.07) is 1.73. The standard InChI is InChI=1S/C28H59N5O2.C24H49N3O.C11H23N3O2.3V/c1-6-7-8-9-10-11-12-13-14-15-17-30-20-21-32-26-24(27(34)35)23(25(26)29-5)22-31-18-16-19-33-28(2,3)4;1-6-7-8-9-10-11-12-13-14-15-16-26-17-18-27-22-20(19-21(22)25-5)23(28)24(2,3)4;1-7(2)13-4-5-14-10-8(11(15)16)6-9(10)12-3;;;/h23-26,29-33H,6-22H2,1-5H3,(H,34,35);20-22,25-27H,6-19H2,1-5H3;7-10,12-14H,4-6H2,1-3H3,(H,15,16);;;. The van der Waals surface area contributed by atoms with Gasteiger partial charge in [-0.3, -0.25) is 14.4 Å². The minimum atomic E-state index is -0.694. The second kappa shape index (κ2) is 52.8. The van der Waals surface area contributed by atoms with Crippen LogP contribution in [0.5, 0.6) is 0 Å². The molecule has 0 aromatic carbocycles. The molecule has 19 heteroatoms. The number of carboxylic acids is 2. The van der Waals surface area contributed by atoms with Crippen molar-refractivity contribution in [3.05, 3.63) is 0 Å². The van der Waals surface area contributed by atoms with Crippen LogP contribution in [-0.2, 0) is 70.1 Å². The monoisotopic (exact) mass is 1270 g/mol. The third-order valence-electron chi connectivity index (χ3n) is 16.6. The van der Waals surface area contributed by atoms with E-state index in [9.17, 15) is 19.5 Å². The molecular weight excluding hydrogens is 1140 g/mol. The Labute approximate surface area is 540 Å². The summed E-state index contributed by atoms with van der Waals surface area (Å²) in [6.07, 6.45) is 30.2. The molecule has 10 unspecified atom stereocenters. The van der Waals surface area contributed by atoms with Crippen molar-refractivity contribution in [1.82, 2.24) is 58.5 Å². The Morgan fingerprint density at radius 1 is 0.451 bits per heavy atom. The van der Waals surface area contributed by atoms with Crippen molar-refractivity contribution < 1.29 is 80.3 Å². The number of hydrogen-bond donors (Lipinski definition) is 13. The van der Waals surface area contributed by atoms with Gasteiger partial charge in [0.15, 0.2) is 0 Å². The largest absolute Gasteiger partial charge is 0.481 e. The number of ketones is 1. The van der Waals surface area contributed by atoms with Crippen molar-refractivity contribution >= 4 is 17.7 Å². The minimum Gasteiger partial charge on any atom is -0.481 e. The van der Waals surface area contributed by atoms with Gasteiger partial charge in [0.05, 0.1) is 11.8 Å². The van der Waals surface area contributed by atoms with E-state index in [0.29, 0.717) is 23.9 Å². The zero-order valence-corrected chi connectivity index (χ0v) is 59.0. The molecule has 0 aromatic rings. The van der Waals surface area contributed by atoms with Crippen LogP contribution in [0.3, 0.4) is 0 Å². The minimum absolute atomic E-state index is 0. The summed E-state index contributed by atoms with van der Waals surface area (Å²) in [5.41, 5.74) is -0.0995. The first-order valence-corrected chi connectivity index (χ1v) is 32.6. The van der Waals surface area contributed by atoms with Crippen LogP contribution in [0.2, 0.25) is 0 Å². The van der Waals surface area contributed by atoms with Crippen LogP contribution < -0.4 is 58.5 Å². The summed E-state index contributed by atoms with van der Waals surface area (Å²) in [7, 11) is 5.82. The molecule has 3 saturated carbocycles. The summed E-state index contributed by atoms with van der Waals surface area (Å²) >= 11 is 0. The summed E-state index contributed by atoms with van der Waals surface area (Å²) < 4.78 is 0. The number of unbranched alkanes of at least 4 members (excludes halogenated alkanes) is 18. The number of carbonyl (C=O) groups is 3. The van der Waals surface area contributed by atoms with Crippen molar-refractivity contribution in [3.63, 3.8) is 0 Å². The van der Waals surface area contributed by atoms with E-state index in [1.165, 1.54) is 128 Å². The molecule has 0 saturated heterocycles. The predicted molar refractivity (Wildman–Crippen MR) is 335 cm³/mol. The van der Waals surface area contributed by atoms with Crippen LogP contribution in [0.25, 0.3) is 0 Å². The first-order chi connectivity index (χ1) is 37.8. The molecule has 82 heavy (non-hydrogen) atoms. The molecule has 13 N–H and O–H groups in total. The predicted octanol–water partition coefficient (Wildman–Crippen LogP) is 8.05. The number of aliphatic carboxylic acids is 2. The van der Waals surface area contributed by atoms with E-state index in [0.717, 1.165) is 91.3 Å². The molecule has 3 radical (unpaired) electrons. The Morgan fingerprint density at radius 2 is 0.854 bits per heavy atom. The maximum Gasteiger partial charge on any atom is 0.308 e. The average molecular weight is 1280 g/mol. The zero-order valence-electron chi connectivity index (χ0n) is 54.9. The maximum atomic E-state index is 12.6. The van der Waals surface area contributed by atoms with E-state index >= 15 is 0 Å². The Balaban J connectivity index is -0.00000119. The number of hydrogen-bond acceptors (Lipinski definition) is 14. The fourth-order valence-electron chi connectivity index (χ4n) is 11.5. The third kappa shape index (κ3) is 39.0. The Hall–Kier alpha value is -0.0768. The average Bonchev–Trinajstić information content (AvgIpc) is 3.36. The summed E-state index contributed by atoms with van der Waals surface area (Å²) in [4.78, 5) is 35.4. The molecule has 10 atom stereocenters. The van der Waals surface area contributed by atoms with Gasteiger partial charge in [-0.05, 0) is 100 Å². The Morgan fingerprint density at radius 3 is 1.24 bits per heavy atom. The van der Waals surface area contributed by atoms with Gasteiger partial charge in [0, 0.05) is 167 Å². The van der Waals surface area contributed by atoms with E-state index < -0.39 is 11.9 Å². The molecule has 0 bridgehead atoms. The third-order valence-corrected chi connectivity index (χ3v) is 16.6. The fraction of sp³-hybridized carbons (Fsp3) is 0.952. The van der Waals surface area contributed by atoms with Crippen LogP contribution >= 0.6 is 0 Å². The van der Waals surface area contributed by atoms with Crippen molar-refractivity contribution in [2.75, 3.05) is 93.1 Å².